The van der Waals surface area contributed by atoms with E-state index in [0.717, 1.165) is 22.5 Å². The molecule has 0 atom stereocenters. The Hall–Kier alpha value is -3.20. The van der Waals surface area contributed by atoms with E-state index in [2.05, 4.69) is 10.2 Å². The number of hydrogen-bond acceptors (Lipinski definition) is 7. The van der Waals surface area contributed by atoms with Crippen molar-refractivity contribution >= 4 is 28.8 Å². The van der Waals surface area contributed by atoms with Gasteiger partial charge in [-0.2, -0.15) is 9.78 Å². The van der Waals surface area contributed by atoms with Crippen molar-refractivity contribution in [2.24, 2.45) is 5.10 Å². The summed E-state index contributed by atoms with van der Waals surface area (Å²) in [5, 5.41) is 25.3. The van der Waals surface area contributed by atoms with Gasteiger partial charge in [0.05, 0.1) is 10.6 Å². The molecular formula is C19H18N6O2S. The molecule has 4 rings (SSSR count). The lowest BCUT2D eigenvalue weighted by Crippen LogP contribution is -2.15. The first-order valence-corrected chi connectivity index (χ1v) is 9.62. The third-order valence-corrected chi connectivity index (χ3v) is 5.47. The molecule has 8 nitrogen and oxygen atoms in total. The Bertz CT molecular complexity index is 1110. The van der Waals surface area contributed by atoms with Gasteiger partial charge in [0.25, 0.3) is 5.69 Å². The molecule has 0 saturated heterocycles. The summed E-state index contributed by atoms with van der Waals surface area (Å²) in [6, 6.07) is 13.1. The average molecular weight is 394 g/mol. The lowest BCUT2D eigenvalue weighted by atomic mass is 10.1. The summed E-state index contributed by atoms with van der Waals surface area (Å²) in [6.07, 6.45) is 0. The average Bonchev–Trinajstić information content (AvgIpc) is 3.11. The minimum absolute atomic E-state index is 0.0953. The number of para-hydroxylation sites is 1. The van der Waals surface area contributed by atoms with E-state index in [4.69, 9.17) is 5.10 Å². The molecule has 0 unspecified atom stereocenters. The quantitative estimate of drug-likeness (QED) is 0.496. The normalized spacial score (nSPS) is 13.0. The van der Waals surface area contributed by atoms with Crippen molar-refractivity contribution in [1.82, 2.24) is 14.9 Å². The molecule has 0 radical (unpaired) electrons. The molecule has 0 amide bonds. The van der Waals surface area contributed by atoms with Gasteiger partial charge in [0, 0.05) is 48.3 Å². The number of aryl methyl sites for hydroxylation is 1. The Morgan fingerprint density at radius 2 is 1.96 bits per heavy atom. The number of rotatable bonds is 4. The highest BCUT2D eigenvalue weighted by atomic mass is 32.2. The first kappa shape index (κ1) is 18.2. The number of hydrogen-bond donors (Lipinski definition) is 0. The van der Waals surface area contributed by atoms with E-state index in [1.54, 1.807) is 23.7 Å². The number of anilines is 1. The van der Waals surface area contributed by atoms with E-state index in [0.29, 0.717) is 22.3 Å². The van der Waals surface area contributed by atoms with Crippen molar-refractivity contribution in [1.29, 1.82) is 0 Å². The van der Waals surface area contributed by atoms with Crippen LogP contribution >= 0.6 is 11.8 Å². The third-order valence-electron chi connectivity index (χ3n) is 4.54. The van der Waals surface area contributed by atoms with Crippen LogP contribution in [0.4, 0.5) is 11.4 Å². The molecule has 0 saturated carbocycles. The standard InChI is InChI=1S/C19H18N6O2S/c1-12-8-9-13(10-17(12)25(26)27)15-11-28-19-21-20-18(24(19)22-15)14-6-4-5-7-16(14)23(2)3/h4-10H,11H2,1-3H3. The van der Waals surface area contributed by atoms with E-state index in [1.165, 1.54) is 11.8 Å². The molecule has 0 bridgehead atoms. The van der Waals surface area contributed by atoms with Crippen LogP contribution in [0.2, 0.25) is 0 Å². The maximum absolute atomic E-state index is 11.3. The summed E-state index contributed by atoms with van der Waals surface area (Å²) in [4.78, 5) is 12.9. The van der Waals surface area contributed by atoms with Gasteiger partial charge in [0.2, 0.25) is 5.16 Å². The number of thioether (sulfide) groups is 1. The van der Waals surface area contributed by atoms with Crippen LogP contribution < -0.4 is 4.90 Å². The number of nitro benzene ring substituents is 1. The van der Waals surface area contributed by atoms with Gasteiger partial charge in [-0.15, -0.1) is 10.2 Å². The minimum Gasteiger partial charge on any atom is -0.377 e. The Balaban J connectivity index is 1.82. The minimum atomic E-state index is -0.363. The summed E-state index contributed by atoms with van der Waals surface area (Å²) in [5.74, 6) is 1.22. The fourth-order valence-corrected chi connectivity index (χ4v) is 3.91. The van der Waals surface area contributed by atoms with Crippen LogP contribution in [0.15, 0.2) is 52.7 Å². The van der Waals surface area contributed by atoms with Crippen LogP contribution in [0, 0.1) is 17.0 Å². The van der Waals surface area contributed by atoms with Crippen molar-refractivity contribution in [2.75, 3.05) is 24.7 Å². The molecule has 9 heteroatoms. The lowest BCUT2D eigenvalue weighted by molar-refractivity contribution is -0.385. The van der Waals surface area contributed by atoms with E-state index in [9.17, 15) is 10.1 Å². The molecule has 28 heavy (non-hydrogen) atoms. The fourth-order valence-electron chi connectivity index (χ4n) is 3.08. The van der Waals surface area contributed by atoms with Crippen molar-refractivity contribution in [2.45, 2.75) is 12.1 Å². The largest absolute Gasteiger partial charge is 0.377 e. The first-order valence-electron chi connectivity index (χ1n) is 8.64. The van der Waals surface area contributed by atoms with Gasteiger partial charge in [0.1, 0.15) is 0 Å². The second-order valence-corrected chi connectivity index (χ2v) is 7.57. The fraction of sp³-hybridized carbons (Fsp3) is 0.211. The highest BCUT2D eigenvalue weighted by Gasteiger charge is 2.23. The molecule has 2 aromatic carbocycles. The highest BCUT2D eigenvalue weighted by Crippen LogP contribution is 2.33. The second-order valence-electron chi connectivity index (χ2n) is 6.62. The molecule has 0 aliphatic carbocycles. The van der Waals surface area contributed by atoms with Gasteiger partial charge >= 0.3 is 0 Å². The molecule has 142 valence electrons. The maximum atomic E-state index is 11.3. The zero-order valence-corrected chi connectivity index (χ0v) is 16.5. The van der Waals surface area contributed by atoms with Gasteiger partial charge in [-0.1, -0.05) is 36.0 Å². The smallest absolute Gasteiger partial charge is 0.272 e. The van der Waals surface area contributed by atoms with Crippen molar-refractivity contribution < 1.29 is 4.92 Å². The van der Waals surface area contributed by atoms with Gasteiger partial charge in [-0.3, -0.25) is 10.1 Å². The lowest BCUT2D eigenvalue weighted by Gasteiger charge is -2.18. The van der Waals surface area contributed by atoms with Crippen molar-refractivity contribution in [3.63, 3.8) is 0 Å². The van der Waals surface area contributed by atoms with Gasteiger partial charge in [0.15, 0.2) is 5.82 Å². The van der Waals surface area contributed by atoms with E-state index < -0.39 is 0 Å². The van der Waals surface area contributed by atoms with E-state index >= 15 is 0 Å². The molecule has 1 aliphatic rings. The van der Waals surface area contributed by atoms with Crippen LogP contribution in [-0.4, -0.2) is 45.4 Å². The van der Waals surface area contributed by atoms with Gasteiger partial charge in [-0.05, 0) is 19.1 Å². The van der Waals surface area contributed by atoms with E-state index in [1.807, 2.05) is 49.3 Å². The third kappa shape index (κ3) is 3.13. The second kappa shape index (κ2) is 7.08. The molecule has 2 heterocycles. The number of nitro groups is 1. The Morgan fingerprint density at radius 3 is 2.71 bits per heavy atom. The van der Waals surface area contributed by atoms with Crippen LogP contribution in [0.1, 0.15) is 11.1 Å². The van der Waals surface area contributed by atoms with Crippen molar-refractivity contribution in [3.05, 3.63) is 63.7 Å². The number of nitrogens with zero attached hydrogens (tertiary/aromatic N) is 6. The summed E-state index contributed by atoms with van der Waals surface area (Å²) in [7, 11) is 3.95. The highest BCUT2D eigenvalue weighted by molar-refractivity contribution is 7.99. The predicted octanol–water partition coefficient (Wildman–Crippen LogP) is 3.59. The predicted molar refractivity (Wildman–Crippen MR) is 110 cm³/mol. The van der Waals surface area contributed by atoms with Gasteiger partial charge < -0.3 is 4.90 Å². The summed E-state index contributed by atoms with van der Waals surface area (Å²) in [6.45, 7) is 1.73. The molecule has 0 fully saturated rings. The molecule has 0 N–H and O–H groups in total. The Morgan fingerprint density at radius 1 is 1.18 bits per heavy atom. The molecule has 3 aromatic rings. The van der Waals surface area contributed by atoms with Crippen LogP contribution in [0.25, 0.3) is 11.4 Å². The number of benzene rings is 2. The zero-order valence-electron chi connectivity index (χ0n) is 15.7. The summed E-state index contributed by atoms with van der Waals surface area (Å²) >= 11 is 1.51. The Labute approximate surface area is 166 Å². The topological polar surface area (TPSA) is 89.5 Å². The number of fused-ring (bicyclic) bond motifs is 1. The molecule has 0 spiro atoms. The van der Waals surface area contributed by atoms with Crippen LogP contribution in [0.5, 0.6) is 0 Å². The molecule has 1 aromatic heterocycles. The van der Waals surface area contributed by atoms with Crippen LogP contribution in [-0.2, 0) is 0 Å². The van der Waals surface area contributed by atoms with E-state index in [-0.39, 0.29) is 10.6 Å². The zero-order chi connectivity index (χ0) is 19.8. The maximum Gasteiger partial charge on any atom is 0.272 e. The first-order chi connectivity index (χ1) is 13.5. The van der Waals surface area contributed by atoms with Crippen molar-refractivity contribution in [3.8, 4) is 11.4 Å². The number of aromatic nitrogens is 3. The molecular weight excluding hydrogens is 376 g/mol. The Kier molecular flexibility index (Phi) is 4.60. The molecule has 1 aliphatic heterocycles. The van der Waals surface area contributed by atoms with Crippen LogP contribution in [0.3, 0.4) is 0 Å². The monoisotopic (exact) mass is 394 g/mol. The SMILES string of the molecule is Cc1ccc(C2=Nn3c(nnc3-c3ccccc3N(C)C)SC2)cc1[N+](=O)[O-]. The van der Waals surface area contributed by atoms with Gasteiger partial charge in [-0.25, -0.2) is 0 Å². The summed E-state index contributed by atoms with van der Waals surface area (Å²) < 4.78 is 1.72. The summed E-state index contributed by atoms with van der Waals surface area (Å²) in [5.41, 5.74) is 4.14.